The van der Waals surface area contributed by atoms with Crippen LogP contribution in [0.1, 0.15) is 30.1 Å². The Bertz CT molecular complexity index is 866. The summed E-state index contributed by atoms with van der Waals surface area (Å²) in [4.78, 5) is 28.9. The van der Waals surface area contributed by atoms with E-state index in [1.54, 1.807) is 12.1 Å². The zero-order valence-electron chi connectivity index (χ0n) is 15.8. The number of nitrogens with zero attached hydrogens (tertiary/aromatic N) is 2. The summed E-state index contributed by atoms with van der Waals surface area (Å²) < 4.78 is 0.735. The molecule has 1 fully saturated rings. The third-order valence-corrected chi connectivity index (χ3v) is 5.69. The van der Waals surface area contributed by atoms with Crippen LogP contribution in [-0.2, 0) is 4.79 Å². The van der Waals surface area contributed by atoms with E-state index in [4.69, 9.17) is 11.6 Å². The zero-order chi connectivity index (χ0) is 20.1. The lowest BCUT2D eigenvalue weighted by Crippen LogP contribution is -2.48. The molecule has 2 aromatic rings. The van der Waals surface area contributed by atoms with E-state index < -0.39 is 0 Å². The van der Waals surface area contributed by atoms with Gasteiger partial charge in [-0.15, -0.1) is 0 Å². The molecule has 0 aromatic heterocycles. The first-order chi connectivity index (χ1) is 13.5. The summed E-state index contributed by atoms with van der Waals surface area (Å²) >= 11 is 9.60. The van der Waals surface area contributed by atoms with Crippen molar-refractivity contribution in [1.29, 1.82) is 0 Å². The number of benzene rings is 2. The Morgan fingerprint density at radius 1 is 1.11 bits per heavy atom. The number of rotatable bonds is 5. The minimum absolute atomic E-state index is 0.201. The van der Waals surface area contributed by atoms with Crippen molar-refractivity contribution in [3.8, 4) is 0 Å². The molecule has 28 heavy (non-hydrogen) atoms. The second kappa shape index (κ2) is 9.43. The summed E-state index contributed by atoms with van der Waals surface area (Å²) in [5.74, 6) is 0.00783. The summed E-state index contributed by atoms with van der Waals surface area (Å²) in [6.45, 7) is 4.81. The van der Waals surface area contributed by atoms with Crippen molar-refractivity contribution in [2.75, 3.05) is 36.4 Å². The summed E-state index contributed by atoms with van der Waals surface area (Å²) in [6.07, 6.45) is 1.45. The molecule has 7 heteroatoms. The molecule has 1 heterocycles. The average Bonchev–Trinajstić information content (AvgIpc) is 2.69. The van der Waals surface area contributed by atoms with E-state index in [9.17, 15) is 9.59 Å². The highest BCUT2D eigenvalue weighted by atomic mass is 79.9. The number of piperazine rings is 1. The molecule has 148 valence electrons. The molecule has 0 radical (unpaired) electrons. The number of hydrogen-bond acceptors (Lipinski definition) is 3. The lowest BCUT2D eigenvalue weighted by molar-refractivity contribution is -0.131. The van der Waals surface area contributed by atoms with Gasteiger partial charge in [-0.05, 0) is 52.7 Å². The second-order valence-corrected chi connectivity index (χ2v) is 8.00. The van der Waals surface area contributed by atoms with E-state index in [1.165, 1.54) is 0 Å². The van der Waals surface area contributed by atoms with Crippen LogP contribution < -0.4 is 10.2 Å². The minimum atomic E-state index is -0.201. The van der Waals surface area contributed by atoms with Crippen molar-refractivity contribution >= 4 is 50.7 Å². The standard InChI is InChI=1S/C21H23BrClN3O2/c1-2-5-20(27)26-12-10-25(11-13-26)19-9-8-15(23)14-18(19)24-21(28)16-6-3-4-7-17(16)22/h3-4,6-9,14H,2,5,10-13H2,1H3,(H,24,28). The smallest absolute Gasteiger partial charge is 0.256 e. The van der Waals surface area contributed by atoms with E-state index in [-0.39, 0.29) is 11.8 Å². The fraction of sp³-hybridized carbons (Fsp3) is 0.333. The van der Waals surface area contributed by atoms with Crippen LogP contribution in [-0.4, -0.2) is 42.9 Å². The number of amides is 2. The number of anilines is 2. The number of halogens is 2. The molecule has 0 unspecified atom stereocenters. The van der Waals surface area contributed by atoms with Crippen LogP contribution in [0, 0.1) is 0 Å². The highest BCUT2D eigenvalue weighted by Crippen LogP contribution is 2.31. The molecule has 1 N–H and O–H groups in total. The molecule has 0 aliphatic carbocycles. The van der Waals surface area contributed by atoms with Crippen LogP contribution in [0.2, 0.25) is 5.02 Å². The molecular formula is C21H23BrClN3O2. The highest BCUT2D eigenvalue weighted by molar-refractivity contribution is 9.10. The van der Waals surface area contributed by atoms with Gasteiger partial charge in [-0.1, -0.05) is 30.7 Å². The number of nitrogens with one attached hydrogen (secondary N) is 1. The lowest BCUT2D eigenvalue weighted by atomic mass is 10.1. The van der Waals surface area contributed by atoms with Gasteiger partial charge in [0.2, 0.25) is 5.91 Å². The SMILES string of the molecule is CCCC(=O)N1CCN(c2ccc(Cl)cc2NC(=O)c2ccccc2Br)CC1. The van der Waals surface area contributed by atoms with E-state index in [1.807, 2.05) is 42.2 Å². The minimum Gasteiger partial charge on any atom is -0.366 e. The molecule has 5 nitrogen and oxygen atoms in total. The topological polar surface area (TPSA) is 52.7 Å². The van der Waals surface area contributed by atoms with Gasteiger partial charge in [-0.25, -0.2) is 0 Å². The fourth-order valence-corrected chi connectivity index (χ4v) is 3.92. The summed E-state index contributed by atoms with van der Waals surface area (Å²) in [5, 5.41) is 3.54. The van der Waals surface area contributed by atoms with E-state index in [2.05, 4.69) is 26.1 Å². The first-order valence-corrected chi connectivity index (χ1v) is 10.5. The Morgan fingerprint density at radius 2 is 1.82 bits per heavy atom. The van der Waals surface area contributed by atoms with E-state index >= 15 is 0 Å². The molecule has 1 saturated heterocycles. The second-order valence-electron chi connectivity index (χ2n) is 6.71. The Hall–Kier alpha value is -2.05. The monoisotopic (exact) mass is 463 g/mol. The maximum absolute atomic E-state index is 12.7. The summed E-state index contributed by atoms with van der Waals surface area (Å²) in [7, 11) is 0. The maximum Gasteiger partial charge on any atom is 0.256 e. The van der Waals surface area contributed by atoms with E-state index in [0.717, 1.165) is 29.7 Å². The average molecular weight is 465 g/mol. The normalized spacial score (nSPS) is 14.1. The Kier molecular flexibility index (Phi) is 6.97. The van der Waals surface area contributed by atoms with Crippen molar-refractivity contribution in [2.24, 2.45) is 0 Å². The molecule has 2 amide bonds. The van der Waals surface area contributed by atoms with Gasteiger partial charge >= 0.3 is 0 Å². The number of carbonyl (C=O) groups is 2. The molecule has 0 spiro atoms. The summed E-state index contributed by atoms with van der Waals surface area (Å²) in [6, 6.07) is 12.8. The maximum atomic E-state index is 12.7. The van der Waals surface area contributed by atoms with Gasteiger partial charge in [0.25, 0.3) is 5.91 Å². The van der Waals surface area contributed by atoms with Crippen LogP contribution in [0.25, 0.3) is 0 Å². The van der Waals surface area contributed by atoms with Gasteiger partial charge in [0.15, 0.2) is 0 Å². The predicted octanol–water partition coefficient (Wildman–Crippen LogP) is 4.80. The van der Waals surface area contributed by atoms with Gasteiger partial charge in [-0.2, -0.15) is 0 Å². The number of hydrogen-bond donors (Lipinski definition) is 1. The molecule has 0 bridgehead atoms. The highest BCUT2D eigenvalue weighted by Gasteiger charge is 2.23. The van der Waals surface area contributed by atoms with Crippen LogP contribution >= 0.6 is 27.5 Å². The van der Waals surface area contributed by atoms with Gasteiger partial charge in [0.1, 0.15) is 0 Å². The van der Waals surface area contributed by atoms with Crippen LogP contribution in [0.3, 0.4) is 0 Å². The van der Waals surface area contributed by atoms with Crippen LogP contribution in [0.4, 0.5) is 11.4 Å². The van der Waals surface area contributed by atoms with Crippen molar-refractivity contribution in [1.82, 2.24) is 4.90 Å². The van der Waals surface area contributed by atoms with Gasteiger partial charge < -0.3 is 15.1 Å². The van der Waals surface area contributed by atoms with Gasteiger partial charge in [0.05, 0.1) is 16.9 Å². The van der Waals surface area contributed by atoms with Crippen molar-refractivity contribution in [2.45, 2.75) is 19.8 Å². The quantitative estimate of drug-likeness (QED) is 0.691. The Labute approximate surface area is 178 Å². The first kappa shape index (κ1) is 20.7. The zero-order valence-corrected chi connectivity index (χ0v) is 18.1. The van der Waals surface area contributed by atoms with Crippen LogP contribution in [0.5, 0.6) is 0 Å². The Balaban J connectivity index is 1.76. The third-order valence-electron chi connectivity index (χ3n) is 4.76. The molecule has 3 rings (SSSR count). The van der Waals surface area contributed by atoms with E-state index in [0.29, 0.717) is 35.8 Å². The number of carbonyl (C=O) groups excluding carboxylic acids is 2. The molecular weight excluding hydrogens is 442 g/mol. The van der Waals surface area contributed by atoms with Crippen molar-refractivity contribution in [3.05, 3.63) is 57.5 Å². The molecule has 0 atom stereocenters. The molecule has 2 aromatic carbocycles. The molecule has 1 aliphatic rings. The van der Waals surface area contributed by atoms with Crippen molar-refractivity contribution in [3.63, 3.8) is 0 Å². The fourth-order valence-electron chi connectivity index (χ4n) is 3.29. The largest absolute Gasteiger partial charge is 0.366 e. The third kappa shape index (κ3) is 4.86. The van der Waals surface area contributed by atoms with Crippen molar-refractivity contribution < 1.29 is 9.59 Å². The van der Waals surface area contributed by atoms with Gasteiger partial charge in [0, 0.05) is 42.1 Å². The molecule has 0 saturated carbocycles. The summed E-state index contributed by atoms with van der Waals surface area (Å²) in [5.41, 5.74) is 2.14. The van der Waals surface area contributed by atoms with Crippen LogP contribution in [0.15, 0.2) is 46.9 Å². The first-order valence-electron chi connectivity index (χ1n) is 9.37. The lowest BCUT2D eigenvalue weighted by Gasteiger charge is -2.37. The molecule has 1 aliphatic heterocycles. The van der Waals surface area contributed by atoms with Gasteiger partial charge in [-0.3, -0.25) is 9.59 Å². The Morgan fingerprint density at radius 3 is 2.50 bits per heavy atom. The predicted molar refractivity (Wildman–Crippen MR) is 117 cm³/mol.